The normalized spacial score (nSPS) is 8.71. The van der Waals surface area contributed by atoms with Gasteiger partial charge in [-0.2, -0.15) is 0 Å². The molecule has 0 saturated carbocycles. The summed E-state index contributed by atoms with van der Waals surface area (Å²) in [6.07, 6.45) is 3.05. The number of hydrogen-bond acceptors (Lipinski definition) is 6. The molecule has 0 radical (unpaired) electrons. The molecule has 4 nitrogen and oxygen atoms in total. The van der Waals surface area contributed by atoms with Gasteiger partial charge in [0.05, 0.1) is 0 Å². The van der Waals surface area contributed by atoms with Crippen molar-refractivity contribution in [3.63, 3.8) is 0 Å². The fraction of sp³-hybridized carbons (Fsp3) is 0.636. The lowest BCUT2D eigenvalue weighted by molar-refractivity contribution is 0.786. The fourth-order valence-corrected chi connectivity index (χ4v) is 2.15. The third-order valence-corrected chi connectivity index (χ3v) is 3.11. The Kier molecular flexibility index (Phi) is 11.0. The van der Waals surface area contributed by atoms with Gasteiger partial charge in [0.15, 0.2) is 0 Å². The van der Waals surface area contributed by atoms with Gasteiger partial charge in [0.2, 0.25) is 0 Å². The van der Waals surface area contributed by atoms with Crippen molar-refractivity contribution in [1.82, 2.24) is 20.4 Å². The van der Waals surface area contributed by atoms with Crippen molar-refractivity contribution in [2.75, 3.05) is 0 Å². The Hall–Kier alpha value is -0.880. The van der Waals surface area contributed by atoms with E-state index in [1.54, 1.807) is 33.7 Å². The Labute approximate surface area is 111 Å². The van der Waals surface area contributed by atoms with Gasteiger partial charge in [-0.15, -0.1) is 43.1 Å². The first-order chi connectivity index (χ1) is 8.45. The van der Waals surface area contributed by atoms with Crippen molar-refractivity contribution in [3.8, 4) is 0 Å². The molecule has 2 aromatic rings. The predicted octanol–water partition coefficient (Wildman–Crippen LogP) is 3.62. The molecule has 0 aliphatic carbocycles. The van der Waals surface area contributed by atoms with Gasteiger partial charge < -0.3 is 0 Å². The Balaban J connectivity index is 0.000000581. The highest BCUT2D eigenvalue weighted by molar-refractivity contribution is 7.09. The van der Waals surface area contributed by atoms with Crippen molar-refractivity contribution in [2.24, 2.45) is 0 Å². The van der Waals surface area contributed by atoms with Crippen molar-refractivity contribution < 1.29 is 0 Å². The molecule has 0 fully saturated rings. The minimum Gasteiger partial charge on any atom is -0.147 e. The van der Waals surface area contributed by atoms with Gasteiger partial charge in [-0.05, 0) is 6.42 Å². The number of aromatic nitrogens is 4. The molecular weight excluding hydrogens is 252 g/mol. The van der Waals surface area contributed by atoms with E-state index < -0.39 is 0 Å². The van der Waals surface area contributed by atoms with E-state index in [0.29, 0.717) is 0 Å². The second-order valence-electron chi connectivity index (χ2n) is 2.52. The summed E-state index contributed by atoms with van der Waals surface area (Å²) in [4.78, 5) is 0. The summed E-state index contributed by atoms with van der Waals surface area (Å²) in [5, 5.41) is 17.7. The van der Waals surface area contributed by atoms with E-state index in [-0.39, 0.29) is 0 Å². The quantitative estimate of drug-likeness (QED) is 0.853. The summed E-state index contributed by atoms with van der Waals surface area (Å²) in [5.41, 5.74) is 3.53. The lowest BCUT2D eigenvalue weighted by Gasteiger charge is -1.92. The molecular formula is C11H20N4S2. The van der Waals surface area contributed by atoms with Crippen LogP contribution in [0.25, 0.3) is 0 Å². The van der Waals surface area contributed by atoms with Crippen LogP contribution in [-0.4, -0.2) is 20.4 Å². The van der Waals surface area contributed by atoms with Crippen LogP contribution in [0.5, 0.6) is 0 Å². The number of rotatable bonds is 4. The zero-order valence-electron chi connectivity index (χ0n) is 10.9. The minimum atomic E-state index is 0.990. The van der Waals surface area contributed by atoms with E-state index in [1.807, 2.05) is 27.7 Å². The number of hydrogen-bond donors (Lipinski definition) is 0. The monoisotopic (exact) mass is 272 g/mol. The maximum atomic E-state index is 3.97. The Morgan fingerprint density at radius 3 is 1.53 bits per heavy atom. The van der Waals surface area contributed by atoms with Crippen molar-refractivity contribution in [1.29, 1.82) is 0 Å². The molecule has 2 rings (SSSR count). The van der Waals surface area contributed by atoms with Crippen molar-refractivity contribution >= 4 is 22.7 Å². The standard InChI is InChI=1S/C7H8N4S2.2C2H6/c1(2-6-10-8-4-12-6)3-7-11-9-5-13-7;2*1-2/h4-5H,1-3H2;2*1-2H3. The predicted molar refractivity (Wildman–Crippen MR) is 74.5 cm³/mol. The van der Waals surface area contributed by atoms with Crippen LogP contribution in [0, 0.1) is 0 Å². The third kappa shape index (κ3) is 7.12. The number of nitrogens with zero attached hydrogens (tertiary/aromatic N) is 4. The van der Waals surface area contributed by atoms with E-state index in [9.17, 15) is 0 Å². The molecule has 0 spiro atoms. The minimum absolute atomic E-state index is 0.990. The molecule has 0 aliphatic heterocycles. The van der Waals surface area contributed by atoms with Gasteiger partial charge in [-0.25, -0.2) is 0 Å². The molecule has 0 unspecified atom stereocenters. The van der Waals surface area contributed by atoms with Crippen LogP contribution in [0.3, 0.4) is 0 Å². The summed E-state index contributed by atoms with van der Waals surface area (Å²) in [6, 6.07) is 0. The van der Waals surface area contributed by atoms with Gasteiger partial charge in [-0.3, -0.25) is 0 Å². The van der Waals surface area contributed by atoms with Crippen LogP contribution < -0.4 is 0 Å². The topological polar surface area (TPSA) is 51.6 Å². The fourth-order valence-electron chi connectivity index (χ4n) is 1.00. The smallest absolute Gasteiger partial charge is 0.117 e. The van der Waals surface area contributed by atoms with Crippen LogP contribution in [0.4, 0.5) is 0 Å². The third-order valence-electron chi connectivity index (χ3n) is 1.59. The molecule has 0 atom stereocenters. The molecule has 17 heavy (non-hydrogen) atoms. The molecule has 0 amide bonds. The molecule has 96 valence electrons. The van der Waals surface area contributed by atoms with Gasteiger partial charge in [0, 0.05) is 12.8 Å². The molecule has 6 heteroatoms. The van der Waals surface area contributed by atoms with Gasteiger partial charge in [-0.1, -0.05) is 27.7 Å². The maximum absolute atomic E-state index is 3.97. The summed E-state index contributed by atoms with van der Waals surface area (Å²) >= 11 is 3.21. The Morgan fingerprint density at radius 1 is 0.824 bits per heavy atom. The van der Waals surface area contributed by atoms with Gasteiger partial charge >= 0.3 is 0 Å². The molecule has 0 saturated heterocycles. The van der Waals surface area contributed by atoms with E-state index in [2.05, 4.69) is 20.4 Å². The molecule has 2 aromatic heterocycles. The molecule has 2 heterocycles. The Bertz CT molecular complexity index is 298. The Morgan fingerprint density at radius 2 is 1.24 bits per heavy atom. The average Bonchev–Trinajstić information content (AvgIpc) is 3.07. The zero-order valence-corrected chi connectivity index (χ0v) is 12.5. The second-order valence-corrected chi connectivity index (χ2v) is 4.35. The van der Waals surface area contributed by atoms with Gasteiger partial charge in [0.25, 0.3) is 0 Å². The summed E-state index contributed by atoms with van der Waals surface area (Å²) in [6.45, 7) is 8.00. The van der Waals surface area contributed by atoms with E-state index in [1.165, 1.54) is 0 Å². The highest BCUT2D eigenvalue weighted by Crippen LogP contribution is 2.09. The molecule has 0 aromatic carbocycles. The molecule has 0 bridgehead atoms. The van der Waals surface area contributed by atoms with Crippen molar-refractivity contribution in [3.05, 3.63) is 21.0 Å². The largest absolute Gasteiger partial charge is 0.147 e. The summed E-state index contributed by atoms with van der Waals surface area (Å²) < 4.78 is 0. The lowest BCUT2D eigenvalue weighted by atomic mass is 10.2. The highest BCUT2D eigenvalue weighted by atomic mass is 32.1. The van der Waals surface area contributed by atoms with Crippen LogP contribution in [0.1, 0.15) is 44.1 Å². The highest BCUT2D eigenvalue weighted by Gasteiger charge is 1.99. The second kappa shape index (κ2) is 11.6. The SMILES string of the molecule is CC.CC.c1nnc(CCCc2nncs2)s1. The van der Waals surface area contributed by atoms with E-state index in [4.69, 9.17) is 0 Å². The van der Waals surface area contributed by atoms with Crippen molar-refractivity contribution in [2.45, 2.75) is 47.0 Å². The molecule has 0 aliphatic rings. The first kappa shape index (κ1) is 16.1. The van der Waals surface area contributed by atoms with E-state index >= 15 is 0 Å². The number of aryl methyl sites for hydroxylation is 2. The van der Waals surface area contributed by atoms with E-state index in [0.717, 1.165) is 29.3 Å². The average molecular weight is 272 g/mol. The van der Waals surface area contributed by atoms with Crippen LogP contribution in [0.2, 0.25) is 0 Å². The lowest BCUT2D eigenvalue weighted by Crippen LogP contribution is -1.89. The van der Waals surface area contributed by atoms with Crippen LogP contribution >= 0.6 is 22.7 Å². The van der Waals surface area contributed by atoms with Crippen LogP contribution in [-0.2, 0) is 12.8 Å². The first-order valence-electron chi connectivity index (χ1n) is 5.95. The first-order valence-corrected chi connectivity index (χ1v) is 7.71. The molecule has 0 N–H and O–H groups in total. The summed E-state index contributed by atoms with van der Waals surface area (Å²) in [5.74, 6) is 0. The van der Waals surface area contributed by atoms with Crippen LogP contribution in [0.15, 0.2) is 11.0 Å². The summed E-state index contributed by atoms with van der Waals surface area (Å²) in [7, 11) is 0. The zero-order chi connectivity index (χ0) is 12.9. The maximum Gasteiger partial charge on any atom is 0.117 e. The van der Waals surface area contributed by atoms with Gasteiger partial charge in [0.1, 0.15) is 21.0 Å².